The fraction of sp³-hybridized carbons (Fsp3) is 0.143. The molecule has 0 aliphatic carbocycles. The topological polar surface area (TPSA) is 63.2 Å². The van der Waals surface area contributed by atoms with Gasteiger partial charge in [-0.2, -0.15) is 0 Å². The van der Waals surface area contributed by atoms with Gasteiger partial charge in [-0.3, -0.25) is 9.78 Å². The van der Waals surface area contributed by atoms with Crippen LogP contribution in [-0.2, 0) is 0 Å². The number of ether oxygens (including phenoxy) is 1. The van der Waals surface area contributed by atoms with Gasteiger partial charge in [0.25, 0.3) is 5.91 Å². The summed E-state index contributed by atoms with van der Waals surface area (Å²) in [6, 6.07) is 17.0. The molecule has 2 aromatic carbocycles. The molecule has 0 aliphatic rings. The van der Waals surface area contributed by atoms with E-state index in [1.807, 2.05) is 24.3 Å². The van der Waals surface area contributed by atoms with E-state index in [4.69, 9.17) is 4.74 Å². The van der Waals surface area contributed by atoms with Gasteiger partial charge >= 0.3 is 0 Å². The van der Waals surface area contributed by atoms with Crippen molar-refractivity contribution in [1.82, 2.24) is 4.98 Å². The third-order valence-corrected chi connectivity index (χ3v) is 4.14. The van der Waals surface area contributed by atoms with Crippen molar-refractivity contribution in [2.24, 2.45) is 0 Å². The molecule has 1 heterocycles. The lowest BCUT2D eigenvalue weighted by molar-refractivity contribution is 0.102. The van der Waals surface area contributed by atoms with Crippen LogP contribution in [0.3, 0.4) is 0 Å². The quantitative estimate of drug-likeness (QED) is 0.702. The molecule has 0 spiro atoms. The van der Waals surface area contributed by atoms with Crippen LogP contribution in [-0.4, -0.2) is 18.0 Å². The molecule has 5 heteroatoms. The van der Waals surface area contributed by atoms with Gasteiger partial charge in [0.15, 0.2) is 0 Å². The van der Waals surface area contributed by atoms with Gasteiger partial charge in [0, 0.05) is 17.6 Å². The Morgan fingerprint density at radius 3 is 2.50 bits per heavy atom. The number of methoxy groups -OCH3 is 1. The van der Waals surface area contributed by atoms with E-state index in [2.05, 4.69) is 41.6 Å². The molecule has 132 valence electrons. The van der Waals surface area contributed by atoms with Crippen molar-refractivity contribution in [3.05, 3.63) is 77.6 Å². The summed E-state index contributed by atoms with van der Waals surface area (Å²) in [6.07, 6.45) is 1.61. The first kappa shape index (κ1) is 17.5. The van der Waals surface area contributed by atoms with E-state index in [-0.39, 0.29) is 5.91 Å². The first-order valence-corrected chi connectivity index (χ1v) is 8.31. The molecule has 3 rings (SSSR count). The standard InChI is InChI=1S/C21H21N3O2/c1-14-8-9-16(12-15(14)2)23-17-10-11-22-19(13-17)21(25)24-18-6-4-5-7-20(18)26-3/h4-13H,1-3H3,(H,22,23)(H,24,25). The summed E-state index contributed by atoms with van der Waals surface area (Å²) in [7, 11) is 1.57. The molecule has 26 heavy (non-hydrogen) atoms. The molecular formula is C21H21N3O2. The Labute approximate surface area is 153 Å². The number of nitrogens with zero attached hydrogens (tertiary/aromatic N) is 1. The molecule has 0 saturated heterocycles. The van der Waals surface area contributed by atoms with E-state index in [0.717, 1.165) is 11.4 Å². The van der Waals surface area contributed by atoms with E-state index >= 15 is 0 Å². The number of rotatable bonds is 5. The predicted octanol–water partition coefficient (Wildman–Crippen LogP) is 4.70. The second-order valence-corrected chi connectivity index (χ2v) is 6.01. The lowest BCUT2D eigenvalue weighted by Gasteiger charge is -2.11. The third-order valence-electron chi connectivity index (χ3n) is 4.14. The zero-order valence-electron chi connectivity index (χ0n) is 15.0. The molecule has 0 radical (unpaired) electrons. The van der Waals surface area contributed by atoms with Gasteiger partial charge in [-0.1, -0.05) is 18.2 Å². The van der Waals surface area contributed by atoms with E-state index < -0.39 is 0 Å². The molecule has 1 aromatic heterocycles. The highest BCUT2D eigenvalue weighted by molar-refractivity contribution is 6.04. The molecule has 0 bridgehead atoms. The number of nitrogens with one attached hydrogen (secondary N) is 2. The lowest BCUT2D eigenvalue weighted by Crippen LogP contribution is -2.14. The van der Waals surface area contributed by atoms with Crippen molar-refractivity contribution in [3.8, 4) is 5.75 Å². The highest BCUT2D eigenvalue weighted by atomic mass is 16.5. The van der Waals surface area contributed by atoms with Crippen LogP contribution in [0.15, 0.2) is 60.8 Å². The maximum Gasteiger partial charge on any atom is 0.274 e. The average Bonchev–Trinajstić information content (AvgIpc) is 2.65. The van der Waals surface area contributed by atoms with Crippen LogP contribution >= 0.6 is 0 Å². The third kappa shape index (κ3) is 4.00. The maximum atomic E-state index is 12.5. The number of aryl methyl sites for hydroxylation is 2. The second kappa shape index (κ2) is 7.70. The van der Waals surface area contributed by atoms with Gasteiger partial charge < -0.3 is 15.4 Å². The van der Waals surface area contributed by atoms with Crippen molar-refractivity contribution in [2.75, 3.05) is 17.7 Å². The summed E-state index contributed by atoms with van der Waals surface area (Å²) in [5.41, 5.74) is 5.14. The van der Waals surface area contributed by atoms with Crippen molar-refractivity contribution in [1.29, 1.82) is 0 Å². The Hall–Kier alpha value is -3.34. The number of hydrogen-bond donors (Lipinski definition) is 2. The van der Waals surface area contributed by atoms with Crippen molar-refractivity contribution in [2.45, 2.75) is 13.8 Å². The minimum atomic E-state index is -0.293. The number of para-hydroxylation sites is 2. The van der Waals surface area contributed by atoms with Crippen molar-refractivity contribution < 1.29 is 9.53 Å². The summed E-state index contributed by atoms with van der Waals surface area (Å²) >= 11 is 0. The van der Waals surface area contributed by atoms with Crippen LogP contribution in [0.2, 0.25) is 0 Å². The van der Waals surface area contributed by atoms with E-state index in [1.54, 1.807) is 31.5 Å². The molecule has 2 N–H and O–H groups in total. The molecule has 0 atom stereocenters. The van der Waals surface area contributed by atoms with Crippen LogP contribution in [0.25, 0.3) is 0 Å². The smallest absolute Gasteiger partial charge is 0.274 e. The number of anilines is 3. The Kier molecular flexibility index (Phi) is 5.17. The minimum Gasteiger partial charge on any atom is -0.495 e. The fourth-order valence-corrected chi connectivity index (χ4v) is 2.55. The Morgan fingerprint density at radius 1 is 0.962 bits per heavy atom. The Morgan fingerprint density at radius 2 is 1.73 bits per heavy atom. The summed E-state index contributed by atoms with van der Waals surface area (Å²) in [5, 5.41) is 6.14. The number of aromatic nitrogens is 1. The van der Waals surface area contributed by atoms with Crippen LogP contribution in [0.1, 0.15) is 21.6 Å². The maximum absolute atomic E-state index is 12.5. The normalized spacial score (nSPS) is 10.3. The second-order valence-electron chi connectivity index (χ2n) is 6.01. The lowest BCUT2D eigenvalue weighted by atomic mass is 10.1. The molecule has 0 aliphatic heterocycles. The fourth-order valence-electron chi connectivity index (χ4n) is 2.55. The van der Waals surface area contributed by atoms with Crippen LogP contribution in [0.4, 0.5) is 17.1 Å². The molecular weight excluding hydrogens is 326 g/mol. The van der Waals surface area contributed by atoms with Crippen molar-refractivity contribution >= 4 is 23.0 Å². The van der Waals surface area contributed by atoms with E-state index in [1.165, 1.54) is 11.1 Å². The minimum absolute atomic E-state index is 0.293. The summed E-state index contributed by atoms with van der Waals surface area (Å²) in [4.78, 5) is 16.7. The predicted molar refractivity (Wildman–Crippen MR) is 104 cm³/mol. The van der Waals surface area contributed by atoms with Gasteiger partial charge in [0.05, 0.1) is 12.8 Å². The number of hydrogen-bond acceptors (Lipinski definition) is 4. The number of amides is 1. The largest absolute Gasteiger partial charge is 0.495 e. The summed E-state index contributed by atoms with van der Waals surface area (Å²) in [5.74, 6) is 0.309. The van der Waals surface area contributed by atoms with Crippen molar-refractivity contribution in [3.63, 3.8) is 0 Å². The Balaban J connectivity index is 1.78. The molecule has 1 amide bonds. The molecule has 0 fully saturated rings. The van der Waals surface area contributed by atoms with E-state index in [9.17, 15) is 4.79 Å². The van der Waals surface area contributed by atoms with Gasteiger partial charge in [-0.15, -0.1) is 0 Å². The zero-order chi connectivity index (χ0) is 18.5. The Bertz CT molecular complexity index is 938. The van der Waals surface area contributed by atoms with Gasteiger partial charge in [-0.05, 0) is 61.4 Å². The molecule has 5 nitrogen and oxygen atoms in total. The highest BCUT2D eigenvalue weighted by Gasteiger charge is 2.11. The van der Waals surface area contributed by atoms with Gasteiger partial charge in [-0.25, -0.2) is 0 Å². The number of carbonyl (C=O) groups is 1. The SMILES string of the molecule is COc1ccccc1NC(=O)c1cc(Nc2ccc(C)c(C)c2)ccn1. The highest BCUT2D eigenvalue weighted by Crippen LogP contribution is 2.24. The zero-order valence-corrected chi connectivity index (χ0v) is 15.0. The molecule has 3 aromatic rings. The van der Waals surface area contributed by atoms with Crippen LogP contribution in [0.5, 0.6) is 5.75 Å². The van der Waals surface area contributed by atoms with Crippen LogP contribution in [0, 0.1) is 13.8 Å². The number of carbonyl (C=O) groups excluding carboxylic acids is 1. The summed E-state index contributed by atoms with van der Waals surface area (Å²) in [6.45, 7) is 4.14. The van der Waals surface area contributed by atoms with E-state index in [0.29, 0.717) is 17.1 Å². The summed E-state index contributed by atoms with van der Waals surface area (Å²) < 4.78 is 5.26. The monoisotopic (exact) mass is 347 g/mol. The number of pyridine rings is 1. The molecule has 0 unspecified atom stereocenters. The molecule has 0 saturated carbocycles. The number of benzene rings is 2. The first-order valence-electron chi connectivity index (χ1n) is 8.31. The van der Waals surface area contributed by atoms with Crippen LogP contribution < -0.4 is 15.4 Å². The average molecular weight is 347 g/mol. The first-order chi connectivity index (χ1) is 12.6. The van der Waals surface area contributed by atoms with Gasteiger partial charge in [0.2, 0.25) is 0 Å². The van der Waals surface area contributed by atoms with Gasteiger partial charge in [0.1, 0.15) is 11.4 Å².